The van der Waals surface area contributed by atoms with Gasteiger partial charge >= 0.3 is 0 Å². The zero-order valence-corrected chi connectivity index (χ0v) is 21.2. The van der Waals surface area contributed by atoms with Gasteiger partial charge in [0.2, 0.25) is 11.5 Å². The van der Waals surface area contributed by atoms with E-state index < -0.39 is 0 Å². The van der Waals surface area contributed by atoms with Crippen molar-refractivity contribution in [2.75, 3.05) is 13.1 Å². The molecule has 0 unspecified atom stereocenters. The van der Waals surface area contributed by atoms with E-state index in [0.29, 0.717) is 25.1 Å². The van der Waals surface area contributed by atoms with Gasteiger partial charge in [-0.2, -0.15) is 0 Å². The van der Waals surface area contributed by atoms with Gasteiger partial charge in [-0.25, -0.2) is 0 Å². The topological polar surface area (TPSA) is 80.2 Å². The molecule has 6 nitrogen and oxygen atoms in total. The van der Waals surface area contributed by atoms with Crippen molar-refractivity contribution in [3.63, 3.8) is 0 Å². The molecule has 0 aliphatic heterocycles. The first-order chi connectivity index (χ1) is 17.0. The van der Waals surface area contributed by atoms with Crippen molar-refractivity contribution in [1.82, 2.24) is 15.2 Å². The third-order valence-electron chi connectivity index (χ3n) is 5.01. The molecule has 0 fully saturated rings. The molecular weight excluding hydrogens is 438 g/mol. The van der Waals surface area contributed by atoms with Gasteiger partial charge in [0.1, 0.15) is 0 Å². The van der Waals surface area contributed by atoms with Crippen molar-refractivity contribution in [2.24, 2.45) is 7.05 Å². The number of aryl methyl sites for hydroxylation is 1. The lowest BCUT2D eigenvalue weighted by Gasteiger charge is -2.07. The van der Waals surface area contributed by atoms with Crippen LogP contribution in [-0.4, -0.2) is 29.5 Å². The van der Waals surface area contributed by atoms with Gasteiger partial charge in [-0.1, -0.05) is 67.7 Å². The lowest BCUT2D eigenvalue weighted by atomic mass is 10.2. The smallest absolute Gasteiger partial charge is 0.252 e. The third kappa shape index (κ3) is 16.0. The van der Waals surface area contributed by atoms with Crippen molar-refractivity contribution < 1.29 is 9.59 Å². The van der Waals surface area contributed by atoms with E-state index in [2.05, 4.69) is 78.3 Å². The second-order valence-electron chi connectivity index (χ2n) is 8.07. The Morgan fingerprint density at radius 3 is 1.91 bits per heavy atom. The largest absolute Gasteiger partial charge is 0.354 e. The lowest BCUT2D eigenvalue weighted by Crippen LogP contribution is -2.35. The molecule has 0 atom stereocenters. The van der Waals surface area contributed by atoms with Crippen molar-refractivity contribution >= 4 is 11.8 Å². The Morgan fingerprint density at radius 1 is 0.800 bits per heavy atom. The summed E-state index contributed by atoms with van der Waals surface area (Å²) in [6.07, 6.45) is 30.2. The average molecular weight is 480 g/mol. The first kappa shape index (κ1) is 29.6. The van der Waals surface area contributed by atoms with Gasteiger partial charge in [-0.15, -0.1) is 0 Å². The van der Waals surface area contributed by atoms with Gasteiger partial charge in [-0.05, 0) is 51.0 Å². The first-order valence-electron chi connectivity index (χ1n) is 12.5. The zero-order valence-electron chi connectivity index (χ0n) is 21.2. The molecule has 1 heterocycles. The Balaban J connectivity index is 2.01. The molecule has 0 aliphatic rings. The maximum Gasteiger partial charge on any atom is 0.252 e. The van der Waals surface area contributed by atoms with Crippen LogP contribution in [0.1, 0.15) is 68.6 Å². The average Bonchev–Trinajstić information content (AvgIpc) is 2.85. The number of unbranched alkanes of at least 4 members (excludes halogenated alkanes) is 1. The van der Waals surface area contributed by atoms with Crippen molar-refractivity contribution in [1.29, 1.82) is 0 Å². The molecule has 0 aromatic carbocycles. The molecule has 1 aromatic rings. The van der Waals surface area contributed by atoms with Gasteiger partial charge in [-0.3, -0.25) is 14.4 Å². The predicted octanol–water partition coefficient (Wildman–Crippen LogP) is 5.15. The normalized spacial score (nSPS) is 12.1. The Hall–Kier alpha value is -3.41. The number of nitrogens with one attached hydrogen (secondary N) is 2. The Bertz CT molecular complexity index is 952. The molecule has 35 heavy (non-hydrogen) atoms. The summed E-state index contributed by atoms with van der Waals surface area (Å²) in [5, 5.41) is 5.54. The minimum atomic E-state index is -0.270. The van der Waals surface area contributed by atoms with Gasteiger partial charge in [0.25, 0.3) is 5.91 Å². The molecule has 1 rings (SSSR count). The first-order valence-corrected chi connectivity index (χ1v) is 12.5. The molecule has 0 saturated heterocycles. The summed E-state index contributed by atoms with van der Waals surface area (Å²) in [6.45, 7) is 2.85. The van der Waals surface area contributed by atoms with Crippen LogP contribution >= 0.6 is 0 Å². The quantitative estimate of drug-likeness (QED) is 0.239. The van der Waals surface area contributed by atoms with E-state index in [1.165, 1.54) is 22.9 Å². The molecule has 0 saturated carbocycles. The summed E-state index contributed by atoms with van der Waals surface area (Å²) >= 11 is 0. The highest BCUT2D eigenvalue weighted by atomic mass is 16.2. The second-order valence-corrected chi connectivity index (χ2v) is 8.07. The van der Waals surface area contributed by atoms with E-state index in [1.54, 1.807) is 7.05 Å². The molecule has 190 valence electrons. The minimum absolute atomic E-state index is 0.0197. The van der Waals surface area contributed by atoms with Crippen molar-refractivity contribution in [2.45, 2.75) is 58.3 Å². The monoisotopic (exact) mass is 479 g/mol. The fourth-order valence-electron chi connectivity index (χ4n) is 3.05. The number of amides is 2. The molecule has 6 heteroatoms. The molecule has 2 N–H and O–H groups in total. The number of allylic oxidation sites excluding steroid dienone is 10. The number of pyridine rings is 1. The van der Waals surface area contributed by atoms with Crippen LogP contribution < -0.4 is 16.2 Å². The summed E-state index contributed by atoms with van der Waals surface area (Å²) < 4.78 is 1.36. The van der Waals surface area contributed by atoms with Crippen LogP contribution in [0.4, 0.5) is 0 Å². The Morgan fingerprint density at radius 2 is 1.34 bits per heavy atom. The third-order valence-corrected chi connectivity index (χ3v) is 5.01. The summed E-state index contributed by atoms with van der Waals surface area (Å²) in [6, 6.07) is 2.85. The predicted molar refractivity (Wildman–Crippen MR) is 145 cm³/mol. The number of carbonyl (C=O) groups is 2. The van der Waals surface area contributed by atoms with Crippen molar-refractivity contribution in [3.05, 3.63) is 95.0 Å². The van der Waals surface area contributed by atoms with E-state index in [9.17, 15) is 14.4 Å². The molecular formula is C29H41N3O3. The molecule has 0 bridgehead atoms. The Labute approximate surface area is 210 Å². The highest BCUT2D eigenvalue weighted by Gasteiger charge is 2.06. The molecule has 1 aromatic heterocycles. The van der Waals surface area contributed by atoms with Gasteiger partial charge in [0.15, 0.2) is 0 Å². The summed E-state index contributed by atoms with van der Waals surface area (Å²) in [5.74, 6) is -0.290. The second kappa shape index (κ2) is 20.0. The molecule has 0 spiro atoms. The fourth-order valence-corrected chi connectivity index (χ4v) is 3.05. The van der Waals surface area contributed by atoms with Gasteiger partial charge < -0.3 is 15.2 Å². The van der Waals surface area contributed by atoms with Gasteiger partial charge in [0, 0.05) is 38.8 Å². The molecule has 2 amide bonds. The fraction of sp³-hybridized carbons (Fsp3) is 0.414. The van der Waals surface area contributed by atoms with Crippen LogP contribution in [0.5, 0.6) is 0 Å². The lowest BCUT2D eigenvalue weighted by molar-refractivity contribution is -0.121. The summed E-state index contributed by atoms with van der Waals surface area (Å²) in [4.78, 5) is 35.3. The van der Waals surface area contributed by atoms with Crippen LogP contribution in [0.3, 0.4) is 0 Å². The highest BCUT2D eigenvalue weighted by molar-refractivity contribution is 5.93. The maximum atomic E-state index is 12.0. The van der Waals surface area contributed by atoms with E-state index in [1.807, 2.05) is 0 Å². The SMILES string of the molecule is CCC=CCC=CCC=CCC=CCC=CCCCC(=O)NCCNC(=O)c1ccc(=O)n(C)c1. The zero-order chi connectivity index (χ0) is 25.6. The van der Waals surface area contributed by atoms with Crippen LogP contribution in [0.25, 0.3) is 0 Å². The van der Waals surface area contributed by atoms with Gasteiger partial charge in [0.05, 0.1) is 5.56 Å². The number of carbonyl (C=O) groups excluding carboxylic acids is 2. The molecule has 0 aliphatic carbocycles. The van der Waals surface area contributed by atoms with Crippen LogP contribution in [0.15, 0.2) is 83.9 Å². The van der Waals surface area contributed by atoms with Crippen LogP contribution in [0, 0.1) is 0 Å². The summed E-state index contributed by atoms with van der Waals surface area (Å²) in [5.41, 5.74) is 0.244. The molecule has 0 radical (unpaired) electrons. The number of nitrogens with zero attached hydrogens (tertiary/aromatic N) is 1. The summed E-state index contributed by atoms with van der Waals surface area (Å²) in [7, 11) is 1.60. The van der Waals surface area contributed by atoms with E-state index in [4.69, 9.17) is 0 Å². The van der Waals surface area contributed by atoms with Crippen LogP contribution in [0.2, 0.25) is 0 Å². The maximum absolute atomic E-state index is 12.0. The number of hydrogen-bond acceptors (Lipinski definition) is 3. The highest BCUT2D eigenvalue weighted by Crippen LogP contribution is 2.00. The van der Waals surface area contributed by atoms with E-state index >= 15 is 0 Å². The number of rotatable bonds is 17. The number of aromatic nitrogens is 1. The Kier molecular flexibility index (Phi) is 16.9. The van der Waals surface area contributed by atoms with E-state index in [-0.39, 0.29) is 17.4 Å². The van der Waals surface area contributed by atoms with Crippen LogP contribution in [-0.2, 0) is 11.8 Å². The standard InChI is InChI=1S/C29H41N3O3/c1-3-4-5-6-7-8-9-10-11-12-13-14-15-16-17-18-19-20-27(33)30-23-24-31-29(35)26-21-22-28(34)32(2)25-26/h4-5,7-8,10-11,13-14,16-17,21-22,25H,3,6,9,12,15,18-20,23-24H2,1-2H3,(H,30,33)(H,31,35). The minimum Gasteiger partial charge on any atom is -0.354 e. The van der Waals surface area contributed by atoms with E-state index in [0.717, 1.165) is 44.9 Å². The number of hydrogen-bond donors (Lipinski definition) is 2. The van der Waals surface area contributed by atoms with Crippen molar-refractivity contribution in [3.8, 4) is 0 Å².